The van der Waals surface area contributed by atoms with E-state index in [0.717, 1.165) is 107 Å². The maximum absolute atomic E-state index is 12.5. The van der Waals surface area contributed by atoms with Gasteiger partial charge in [-0.3, -0.25) is 19.2 Å². The Balaban J connectivity index is 0.000000116. The summed E-state index contributed by atoms with van der Waals surface area (Å²) in [4.78, 5) is 75.5. The molecule has 4 aliphatic carbocycles. The highest BCUT2D eigenvalue weighted by molar-refractivity contribution is 5.86. The highest BCUT2D eigenvalue weighted by atomic mass is 16.5. The number of β-amino-alcohol motifs (C(OH)–C–C–N with tert-alkyl or cyclic N) is 4. The van der Waals surface area contributed by atoms with E-state index in [2.05, 4.69) is 129 Å². The lowest BCUT2D eigenvalue weighted by Gasteiger charge is -2.24. The number of nitrogens with zero attached hydrogens (tertiary/aromatic N) is 14. The molecule has 4 amide bonds. The van der Waals surface area contributed by atoms with Crippen molar-refractivity contribution < 1.29 is 57.7 Å². The molecule has 4 saturated heterocycles. The third-order valence-corrected chi connectivity index (χ3v) is 26.1. The minimum Gasteiger partial charge on any atom is -0.395 e. The van der Waals surface area contributed by atoms with Crippen molar-refractivity contribution in [1.82, 2.24) is 60.2 Å². The SMILES string of the molecule is CC(C)c1ccc(-c2nc(-c3cccc4c3CC[C@@]43CC(=O)N(CCO)C3)no2)cc1.CC(C)c1ccc(-c2nc(-c3cccc4c3CC[C@]43CC(=O)N(CCO)C3)no2)cc1.N#Cc1ccccc1-c1nc(-c2cccc3c2CC[C@@]32CC(=O)N(CCO)C2)no1.N#Cc1ccccc1-c1nc(-c2cccc3c2CC[C@]32CC(=O)N(CCO)C2)no1. The predicted molar refractivity (Wildman–Crippen MR) is 451 cm³/mol. The molecule has 20 rings (SSSR count). The minimum absolute atomic E-state index is 0.00149. The highest BCUT2D eigenvalue weighted by Gasteiger charge is 2.53. The molecule has 4 aromatic heterocycles. The maximum atomic E-state index is 12.5. The number of nitriles is 2. The summed E-state index contributed by atoms with van der Waals surface area (Å²) in [7, 11) is 0. The quantitative estimate of drug-likeness (QED) is 0.0620. The lowest BCUT2D eigenvalue weighted by Crippen LogP contribution is -2.32. The second kappa shape index (κ2) is 33.9. The van der Waals surface area contributed by atoms with E-state index in [0.29, 0.717) is 159 Å². The van der Waals surface area contributed by atoms with Crippen LogP contribution in [-0.4, -0.2) is 183 Å². The summed E-state index contributed by atoms with van der Waals surface area (Å²) in [6.07, 6.45) is 9.01. The number of rotatable bonds is 18. The third-order valence-electron chi connectivity index (χ3n) is 26.1. The van der Waals surface area contributed by atoms with Gasteiger partial charge in [0, 0.05) is 133 Å². The summed E-state index contributed by atoms with van der Waals surface area (Å²) in [6.45, 7) is 12.8. The van der Waals surface area contributed by atoms with Gasteiger partial charge in [0.25, 0.3) is 23.6 Å². The molecule has 0 unspecified atom stereocenters. The standard InChI is InChI=1S/2C25H27N3O3.2C23H20N4O3/c2*1-16(2)17-6-8-18(9-7-17)24-26-23(27-31-24)20-4-3-5-21-19(20)10-11-25(21)14-22(30)28(15-25)12-13-29;2*24-13-15-4-1-2-5-16(15)22-25-21(26-30-22)18-6-3-7-19-17(18)8-9-23(19)12-20(29)27(14-23)10-11-28/h2*3-9,16,29H,10-15H2,1-2H3;2*1-7,28H,8-12,14H2/t2*25-;2*23-/m1010/s1. The molecule has 122 heavy (non-hydrogen) atoms. The van der Waals surface area contributed by atoms with Crippen molar-refractivity contribution in [3.05, 3.63) is 237 Å². The molecule has 0 saturated carbocycles. The second-order valence-electron chi connectivity index (χ2n) is 33.9. The molecule has 8 aromatic carbocycles. The zero-order valence-corrected chi connectivity index (χ0v) is 68.6. The molecular weight excluding hydrogens is 1540 g/mol. The van der Waals surface area contributed by atoms with Crippen LogP contribution in [0.3, 0.4) is 0 Å². The van der Waals surface area contributed by atoms with Crippen molar-refractivity contribution in [1.29, 1.82) is 10.5 Å². The van der Waals surface area contributed by atoms with Crippen LogP contribution in [0.1, 0.15) is 158 Å². The molecule has 4 fully saturated rings. The van der Waals surface area contributed by atoms with Crippen molar-refractivity contribution in [3.63, 3.8) is 0 Å². The molecular formula is C96H94N14O12. The first-order chi connectivity index (χ1) is 59.3. The molecule has 8 aliphatic rings. The first-order valence-corrected chi connectivity index (χ1v) is 41.9. The van der Waals surface area contributed by atoms with E-state index in [1.54, 1.807) is 56.0 Å². The van der Waals surface area contributed by atoms with Crippen LogP contribution in [-0.2, 0) is 66.5 Å². The van der Waals surface area contributed by atoms with Crippen molar-refractivity contribution in [3.8, 4) is 104 Å². The second-order valence-corrected chi connectivity index (χ2v) is 33.9. The van der Waals surface area contributed by atoms with Gasteiger partial charge < -0.3 is 58.1 Å². The van der Waals surface area contributed by atoms with Crippen molar-refractivity contribution in [2.24, 2.45) is 0 Å². The van der Waals surface area contributed by atoms with Gasteiger partial charge in [-0.15, -0.1) is 0 Å². The monoisotopic (exact) mass is 1630 g/mol. The van der Waals surface area contributed by atoms with Crippen molar-refractivity contribution in [2.75, 3.05) is 78.8 Å². The van der Waals surface area contributed by atoms with Crippen LogP contribution >= 0.6 is 0 Å². The third kappa shape index (κ3) is 15.2. The topological polar surface area (TPSA) is 365 Å². The van der Waals surface area contributed by atoms with Crippen LogP contribution in [0.5, 0.6) is 0 Å². The van der Waals surface area contributed by atoms with Gasteiger partial charge in [-0.25, -0.2) is 0 Å². The van der Waals surface area contributed by atoms with E-state index in [-0.39, 0.29) is 71.7 Å². The van der Waals surface area contributed by atoms with Gasteiger partial charge in [0.05, 0.1) is 60.8 Å². The number of benzene rings is 8. The van der Waals surface area contributed by atoms with Gasteiger partial charge in [0.15, 0.2) is 0 Å². The Morgan fingerprint density at radius 1 is 0.344 bits per heavy atom. The Hall–Kier alpha value is -13.0. The number of likely N-dealkylation sites (tertiary alicyclic amines) is 4. The average Bonchev–Trinajstić information content (AvgIpc) is 1.60. The van der Waals surface area contributed by atoms with Gasteiger partial charge in [-0.05, 0) is 167 Å². The number of aliphatic hydroxyl groups excluding tert-OH is 4. The van der Waals surface area contributed by atoms with Crippen LogP contribution in [0.2, 0.25) is 0 Å². The first kappa shape index (κ1) is 81.4. The summed E-state index contributed by atoms with van der Waals surface area (Å²) < 4.78 is 22.2. The number of hydrogen-bond donors (Lipinski definition) is 4. The Morgan fingerprint density at radius 3 is 0.861 bits per heavy atom. The Kier molecular flexibility index (Phi) is 22.6. The zero-order valence-electron chi connectivity index (χ0n) is 68.6. The highest BCUT2D eigenvalue weighted by Crippen LogP contribution is 2.53. The molecule has 4 atom stereocenters. The van der Waals surface area contributed by atoms with Gasteiger partial charge >= 0.3 is 0 Å². The normalized spacial score (nSPS) is 20.1. The fourth-order valence-electron chi connectivity index (χ4n) is 19.9. The fraction of sp³-hybridized carbons (Fsp3) is 0.354. The zero-order chi connectivity index (χ0) is 84.6. The lowest BCUT2D eigenvalue weighted by atomic mass is 9.80. The molecule has 8 heterocycles. The molecule has 26 nitrogen and oxygen atoms in total. The van der Waals surface area contributed by atoms with Crippen LogP contribution in [0.15, 0.2) is 188 Å². The smallest absolute Gasteiger partial charge is 0.259 e. The van der Waals surface area contributed by atoms with Gasteiger partial charge in [0.2, 0.25) is 46.9 Å². The number of hydrogen-bond acceptors (Lipinski definition) is 22. The van der Waals surface area contributed by atoms with Crippen LogP contribution in [0.4, 0.5) is 0 Å². The summed E-state index contributed by atoms with van der Waals surface area (Å²) in [5, 5.41) is 72.7. The lowest BCUT2D eigenvalue weighted by molar-refractivity contribution is -0.128. The summed E-state index contributed by atoms with van der Waals surface area (Å²) in [5.41, 5.74) is 19.1. The summed E-state index contributed by atoms with van der Waals surface area (Å²) in [6, 6.07) is 59.6. The van der Waals surface area contributed by atoms with Crippen LogP contribution in [0, 0.1) is 22.7 Å². The molecule has 4 aliphatic heterocycles. The molecule has 4 spiro atoms. The fourth-order valence-corrected chi connectivity index (χ4v) is 19.9. The van der Waals surface area contributed by atoms with Gasteiger partial charge in [0.1, 0.15) is 0 Å². The van der Waals surface area contributed by atoms with Gasteiger partial charge in [-0.1, -0.05) is 170 Å². The number of carbonyl (C=O) groups is 4. The van der Waals surface area contributed by atoms with Gasteiger partial charge in [-0.2, -0.15) is 30.5 Å². The predicted octanol–water partition coefficient (Wildman–Crippen LogP) is 13.2. The molecule has 0 radical (unpaired) electrons. The number of carbonyl (C=O) groups excluding carboxylic acids is 4. The molecule has 26 heteroatoms. The summed E-state index contributed by atoms with van der Waals surface area (Å²) in [5.74, 6) is 5.21. The number of fused-ring (bicyclic) bond motifs is 8. The number of aliphatic hydroxyl groups is 4. The van der Waals surface area contributed by atoms with Crippen LogP contribution < -0.4 is 0 Å². The van der Waals surface area contributed by atoms with E-state index in [1.807, 2.05) is 84.9 Å². The Labute approximate surface area is 705 Å². The largest absolute Gasteiger partial charge is 0.395 e. The maximum Gasteiger partial charge on any atom is 0.259 e. The Morgan fingerprint density at radius 2 is 0.598 bits per heavy atom. The molecule has 0 bridgehead atoms. The molecule has 620 valence electrons. The molecule has 12 aromatic rings. The van der Waals surface area contributed by atoms with E-state index in [4.69, 9.17) is 18.1 Å². The van der Waals surface area contributed by atoms with E-state index in [9.17, 15) is 50.1 Å². The van der Waals surface area contributed by atoms with Crippen LogP contribution in [0.25, 0.3) is 91.4 Å². The minimum atomic E-state index is -0.211. The van der Waals surface area contributed by atoms with Crippen molar-refractivity contribution >= 4 is 23.6 Å². The number of amides is 4. The first-order valence-electron chi connectivity index (χ1n) is 41.9. The van der Waals surface area contributed by atoms with E-state index in [1.165, 1.54) is 33.4 Å². The van der Waals surface area contributed by atoms with E-state index < -0.39 is 0 Å². The molecule has 4 N–H and O–H groups in total. The van der Waals surface area contributed by atoms with E-state index >= 15 is 0 Å². The Bertz CT molecular complexity index is 5690. The van der Waals surface area contributed by atoms with Crippen molar-refractivity contribution in [2.45, 2.75) is 138 Å². The summed E-state index contributed by atoms with van der Waals surface area (Å²) >= 11 is 0. The average molecular weight is 1640 g/mol. The number of aromatic nitrogens is 8.